The van der Waals surface area contributed by atoms with Crippen LogP contribution in [-0.2, 0) is 19.1 Å². The Bertz CT molecular complexity index is 742. The maximum atomic E-state index is 13.1. The molecule has 146 valence electrons. The summed E-state index contributed by atoms with van der Waals surface area (Å²) >= 11 is 0. The van der Waals surface area contributed by atoms with Crippen LogP contribution >= 0.6 is 0 Å². The number of hydrogen-bond donors (Lipinski definition) is 1. The second-order valence-corrected chi connectivity index (χ2v) is 7.30. The summed E-state index contributed by atoms with van der Waals surface area (Å²) in [6.07, 6.45) is 1.60. The number of aliphatic carboxylic acids is 1. The van der Waals surface area contributed by atoms with Crippen LogP contribution in [-0.4, -0.2) is 60.1 Å². The third-order valence-electron chi connectivity index (χ3n) is 5.53. The third-order valence-corrected chi connectivity index (χ3v) is 5.53. The second kappa shape index (κ2) is 8.08. The molecule has 7 nitrogen and oxygen atoms in total. The van der Waals surface area contributed by atoms with Crippen molar-refractivity contribution in [2.24, 2.45) is 5.92 Å². The summed E-state index contributed by atoms with van der Waals surface area (Å²) in [4.78, 5) is 40.3. The molecule has 2 fully saturated rings. The van der Waals surface area contributed by atoms with Crippen molar-refractivity contribution < 1.29 is 24.2 Å². The molecule has 1 N–H and O–H groups in total. The van der Waals surface area contributed by atoms with Crippen molar-refractivity contribution >= 4 is 23.5 Å². The number of benzene rings is 1. The van der Waals surface area contributed by atoms with Crippen molar-refractivity contribution in [1.82, 2.24) is 4.90 Å². The Morgan fingerprint density at radius 3 is 2.52 bits per heavy atom. The number of anilines is 1. The standard InChI is InChI=1S/C20H26N2O5/c1-13-3-4-16(11-14(13)2)21-8-5-17(19(21)25)20(26)22(12-18(23)24)15-6-9-27-10-7-15/h3-4,11,15,17H,5-10,12H2,1-2H3,(H,23,24)/t17-/m0/s1. The first-order chi connectivity index (χ1) is 12.9. The number of rotatable bonds is 5. The van der Waals surface area contributed by atoms with Crippen molar-refractivity contribution in [3.05, 3.63) is 29.3 Å². The zero-order valence-corrected chi connectivity index (χ0v) is 15.8. The first kappa shape index (κ1) is 19.4. The summed E-state index contributed by atoms with van der Waals surface area (Å²) in [5, 5.41) is 9.24. The molecule has 0 unspecified atom stereocenters. The predicted octanol–water partition coefficient (Wildman–Crippen LogP) is 1.75. The number of nitrogens with zero attached hydrogens (tertiary/aromatic N) is 2. The zero-order valence-electron chi connectivity index (χ0n) is 15.8. The highest BCUT2D eigenvalue weighted by atomic mass is 16.5. The lowest BCUT2D eigenvalue weighted by molar-refractivity contribution is -0.151. The highest BCUT2D eigenvalue weighted by molar-refractivity contribution is 6.10. The van der Waals surface area contributed by atoms with E-state index in [-0.39, 0.29) is 24.4 Å². The molecule has 0 radical (unpaired) electrons. The van der Waals surface area contributed by atoms with E-state index in [9.17, 15) is 19.5 Å². The summed E-state index contributed by atoms with van der Waals surface area (Å²) in [7, 11) is 0. The van der Waals surface area contributed by atoms with Crippen LogP contribution in [0.4, 0.5) is 5.69 Å². The lowest BCUT2D eigenvalue weighted by Crippen LogP contribution is -2.49. The van der Waals surface area contributed by atoms with Gasteiger partial charge in [0.2, 0.25) is 11.8 Å². The number of hydrogen-bond acceptors (Lipinski definition) is 4. The van der Waals surface area contributed by atoms with Gasteiger partial charge < -0.3 is 19.6 Å². The van der Waals surface area contributed by atoms with Crippen molar-refractivity contribution in [2.75, 3.05) is 31.2 Å². The molecule has 0 saturated carbocycles. The van der Waals surface area contributed by atoms with Crippen LogP contribution in [0.2, 0.25) is 0 Å². The smallest absolute Gasteiger partial charge is 0.323 e. The zero-order chi connectivity index (χ0) is 19.6. The fourth-order valence-electron chi connectivity index (χ4n) is 3.79. The van der Waals surface area contributed by atoms with Gasteiger partial charge in [-0.05, 0) is 56.4 Å². The average Bonchev–Trinajstić information content (AvgIpc) is 3.03. The van der Waals surface area contributed by atoms with E-state index >= 15 is 0 Å². The summed E-state index contributed by atoms with van der Waals surface area (Å²) in [5.41, 5.74) is 3.02. The van der Waals surface area contributed by atoms with E-state index in [1.54, 1.807) is 4.90 Å². The molecule has 1 atom stereocenters. The SMILES string of the molecule is Cc1ccc(N2CC[C@H](C(=O)N(CC(=O)O)C3CCOCC3)C2=O)cc1C. The molecule has 1 aromatic carbocycles. The molecule has 0 spiro atoms. The van der Waals surface area contributed by atoms with Gasteiger partial charge in [0.15, 0.2) is 0 Å². The Labute approximate surface area is 158 Å². The molecule has 7 heteroatoms. The van der Waals surface area contributed by atoms with Gasteiger partial charge in [0, 0.05) is 31.5 Å². The van der Waals surface area contributed by atoms with E-state index in [1.165, 1.54) is 4.90 Å². The molecule has 2 saturated heterocycles. The summed E-state index contributed by atoms with van der Waals surface area (Å²) < 4.78 is 5.32. The molecule has 2 aliphatic rings. The number of carbonyl (C=O) groups is 3. The minimum atomic E-state index is -1.06. The monoisotopic (exact) mass is 374 g/mol. The molecular weight excluding hydrogens is 348 g/mol. The highest BCUT2D eigenvalue weighted by Gasteiger charge is 2.42. The van der Waals surface area contributed by atoms with E-state index in [4.69, 9.17) is 4.74 Å². The molecule has 3 rings (SSSR count). The lowest BCUT2D eigenvalue weighted by atomic mass is 10.0. The number of amides is 2. The van der Waals surface area contributed by atoms with Gasteiger partial charge >= 0.3 is 5.97 Å². The number of carboxylic acids is 1. The maximum Gasteiger partial charge on any atom is 0.323 e. The number of aryl methyl sites for hydroxylation is 2. The fourth-order valence-corrected chi connectivity index (χ4v) is 3.79. The van der Waals surface area contributed by atoms with E-state index in [0.29, 0.717) is 39.0 Å². The van der Waals surface area contributed by atoms with E-state index in [0.717, 1.165) is 16.8 Å². The molecular formula is C20H26N2O5. The number of carbonyl (C=O) groups excluding carboxylic acids is 2. The van der Waals surface area contributed by atoms with Gasteiger partial charge in [-0.3, -0.25) is 14.4 Å². The van der Waals surface area contributed by atoms with Crippen LogP contribution in [0.5, 0.6) is 0 Å². The normalized spacial score (nSPS) is 20.7. The van der Waals surface area contributed by atoms with E-state index < -0.39 is 11.9 Å². The van der Waals surface area contributed by atoms with Gasteiger partial charge in [-0.25, -0.2) is 0 Å². The molecule has 0 bridgehead atoms. The Kier molecular flexibility index (Phi) is 5.79. The van der Waals surface area contributed by atoms with Gasteiger partial charge in [0.05, 0.1) is 0 Å². The van der Waals surface area contributed by atoms with Gasteiger partial charge in [0.1, 0.15) is 12.5 Å². The molecule has 1 aromatic rings. The predicted molar refractivity (Wildman–Crippen MR) is 99.6 cm³/mol. The minimum absolute atomic E-state index is 0.189. The van der Waals surface area contributed by atoms with Crippen LogP contribution < -0.4 is 4.90 Å². The van der Waals surface area contributed by atoms with Crippen molar-refractivity contribution in [2.45, 2.75) is 39.2 Å². The summed E-state index contributed by atoms with van der Waals surface area (Å²) in [5.74, 6) is -2.49. The minimum Gasteiger partial charge on any atom is -0.480 e. The first-order valence-electron chi connectivity index (χ1n) is 9.37. The fraction of sp³-hybridized carbons (Fsp3) is 0.550. The molecule has 2 heterocycles. The summed E-state index contributed by atoms with van der Waals surface area (Å²) in [6, 6.07) is 5.62. The summed E-state index contributed by atoms with van der Waals surface area (Å²) in [6.45, 7) is 5.09. The largest absolute Gasteiger partial charge is 0.480 e. The van der Waals surface area contributed by atoms with Gasteiger partial charge in [-0.1, -0.05) is 6.07 Å². The molecule has 27 heavy (non-hydrogen) atoms. The Morgan fingerprint density at radius 2 is 1.89 bits per heavy atom. The number of carboxylic acid groups (broad SMARTS) is 1. The molecule has 0 aliphatic carbocycles. The van der Waals surface area contributed by atoms with Crippen LogP contribution in [0, 0.1) is 19.8 Å². The van der Waals surface area contributed by atoms with Crippen LogP contribution in [0.25, 0.3) is 0 Å². The van der Waals surface area contributed by atoms with Crippen LogP contribution in [0.15, 0.2) is 18.2 Å². The lowest BCUT2D eigenvalue weighted by Gasteiger charge is -2.34. The third kappa shape index (κ3) is 4.13. The number of ether oxygens (including phenoxy) is 1. The van der Waals surface area contributed by atoms with Gasteiger partial charge in [-0.2, -0.15) is 0 Å². The molecule has 0 aromatic heterocycles. The van der Waals surface area contributed by atoms with E-state index in [2.05, 4.69) is 0 Å². The second-order valence-electron chi connectivity index (χ2n) is 7.30. The Hall–Kier alpha value is -2.41. The average molecular weight is 374 g/mol. The Balaban J connectivity index is 1.77. The Morgan fingerprint density at radius 1 is 1.19 bits per heavy atom. The highest BCUT2D eigenvalue weighted by Crippen LogP contribution is 2.29. The molecule has 2 aliphatic heterocycles. The van der Waals surface area contributed by atoms with Gasteiger partial charge in [0.25, 0.3) is 0 Å². The first-order valence-corrected chi connectivity index (χ1v) is 9.37. The molecule has 2 amide bonds. The van der Waals surface area contributed by atoms with E-state index in [1.807, 2.05) is 32.0 Å². The van der Waals surface area contributed by atoms with Gasteiger partial charge in [-0.15, -0.1) is 0 Å². The van der Waals surface area contributed by atoms with Crippen LogP contribution in [0.1, 0.15) is 30.4 Å². The van der Waals surface area contributed by atoms with Crippen molar-refractivity contribution in [1.29, 1.82) is 0 Å². The topological polar surface area (TPSA) is 87.2 Å². The van der Waals surface area contributed by atoms with Crippen LogP contribution in [0.3, 0.4) is 0 Å². The van der Waals surface area contributed by atoms with Crippen molar-refractivity contribution in [3.8, 4) is 0 Å². The quantitative estimate of drug-likeness (QED) is 0.794. The van der Waals surface area contributed by atoms with Crippen molar-refractivity contribution in [3.63, 3.8) is 0 Å². The maximum absolute atomic E-state index is 13.1.